The summed E-state index contributed by atoms with van der Waals surface area (Å²) in [5, 5.41) is 2.59. The standard InChI is InChI=1S/C19H22N2O4S/c1-5-8-21-18(23)14(17(22)20-19(21)26)9-13-6-7-15(16(10-13)24-4)25-11-12(2)3/h5-7,9-10,12H,1,8,11H2,2-4H3,(H,20,22,26)/b14-9+. The molecule has 0 bridgehead atoms. The second-order valence-corrected chi connectivity index (χ2v) is 6.52. The summed E-state index contributed by atoms with van der Waals surface area (Å²) in [6.07, 6.45) is 3.05. The molecule has 1 fully saturated rings. The first-order chi connectivity index (χ1) is 12.4. The molecule has 2 amide bonds. The Morgan fingerprint density at radius 3 is 2.65 bits per heavy atom. The number of hydrogen-bond acceptors (Lipinski definition) is 5. The molecule has 138 valence electrons. The Morgan fingerprint density at radius 1 is 1.31 bits per heavy atom. The molecule has 7 heteroatoms. The Morgan fingerprint density at radius 2 is 2.04 bits per heavy atom. The molecule has 1 saturated heterocycles. The molecule has 6 nitrogen and oxygen atoms in total. The molecular formula is C19H22N2O4S. The van der Waals surface area contributed by atoms with Crippen LogP contribution >= 0.6 is 12.2 Å². The summed E-state index contributed by atoms with van der Waals surface area (Å²) in [5.74, 6) is 0.529. The number of carbonyl (C=O) groups excluding carboxylic acids is 2. The fourth-order valence-corrected chi connectivity index (χ4v) is 2.56. The Balaban J connectivity index is 2.32. The number of carbonyl (C=O) groups is 2. The molecule has 0 radical (unpaired) electrons. The monoisotopic (exact) mass is 374 g/mol. The van der Waals surface area contributed by atoms with Crippen LogP contribution in [0.4, 0.5) is 0 Å². The largest absolute Gasteiger partial charge is 0.493 e. The molecule has 1 aliphatic rings. The maximum absolute atomic E-state index is 12.5. The van der Waals surface area contributed by atoms with E-state index in [0.29, 0.717) is 29.6 Å². The van der Waals surface area contributed by atoms with Crippen LogP contribution in [0.3, 0.4) is 0 Å². The normalized spacial score (nSPS) is 16.1. The SMILES string of the molecule is C=CCN1C(=O)/C(=C/c2ccc(OCC(C)C)c(OC)c2)C(=O)NC1=S. The van der Waals surface area contributed by atoms with Crippen molar-refractivity contribution in [3.63, 3.8) is 0 Å². The van der Waals surface area contributed by atoms with Crippen LogP contribution < -0.4 is 14.8 Å². The second kappa shape index (κ2) is 8.62. The molecule has 1 heterocycles. The molecule has 0 atom stereocenters. The van der Waals surface area contributed by atoms with Crippen LogP contribution in [0.5, 0.6) is 11.5 Å². The first kappa shape index (κ1) is 19.7. The number of hydrogen-bond donors (Lipinski definition) is 1. The van der Waals surface area contributed by atoms with Crippen molar-refractivity contribution in [3.8, 4) is 11.5 Å². The maximum Gasteiger partial charge on any atom is 0.265 e. The minimum Gasteiger partial charge on any atom is -0.493 e. The zero-order valence-corrected chi connectivity index (χ0v) is 15.9. The first-order valence-electron chi connectivity index (χ1n) is 8.18. The van der Waals surface area contributed by atoms with Crippen molar-refractivity contribution in [2.45, 2.75) is 13.8 Å². The number of thiocarbonyl (C=S) groups is 1. The zero-order valence-electron chi connectivity index (χ0n) is 15.1. The van der Waals surface area contributed by atoms with Crippen molar-refractivity contribution < 1.29 is 19.1 Å². The molecule has 0 saturated carbocycles. The maximum atomic E-state index is 12.5. The van der Waals surface area contributed by atoms with E-state index in [1.807, 2.05) is 0 Å². The molecular weight excluding hydrogens is 352 g/mol. The van der Waals surface area contributed by atoms with Crippen LogP contribution in [0.15, 0.2) is 36.4 Å². The van der Waals surface area contributed by atoms with E-state index in [4.69, 9.17) is 21.7 Å². The fraction of sp³-hybridized carbons (Fsp3) is 0.316. The number of benzene rings is 1. The number of nitrogens with zero attached hydrogens (tertiary/aromatic N) is 1. The van der Waals surface area contributed by atoms with Gasteiger partial charge in [-0.3, -0.25) is 19.8 Å². The number of methoxy groups -OCH3 is 1. The predicted octanol–water partition coefficient (Wildman–Crippen LogP) is 2.54. The van der Waals surface area contributed by atoms with Crippen molar-refractivity contribution in [1.82, 2.24) is 10.2 Å². The molecule has 1 aromatic carbocycles. The van der Waals surface area contributed by atoms with Crippen molar-refractivity contribution >= 4 is 35.2 Å². The fourth-order valence-electron chi connectivity index (χ4n) is 2.31. The van der Waals surface area contributed by atoms with Gasteiger partial charge in [0.2, 0.25) is 0 Å². The molecule has 2 rings (SSSR count). The van der Waals surface area contributed by atoms with Gasteiger partial charge in [-0.25, -0.2) is 0 Å². The lowest BCUT2D eigenvalue weighted by Gasteiger charge is -2.27. The van der Waals surface area contributed by atoms with Crippen LogP contribution in [0.25, 0.3) is 6.08 Å². The Labute approximate surface area is 158 Å². The van der Waals surface area contributed by atoms with E-state index < -0.39 is 11.8 Å². The summed E-state index contributed by atoms with van der Waals surface area (Å²) in [5.41, 5.74) is 0.641. The minimum atomic E-state index is -0.528. The molecule has 0 unspecified atom stereocenters. The van der Waals surface area contributed by atoms with Crippen LogP contribution in [0, 0.1) is 5.92 Å². The molecule has 1 N–H and O–H groups in total. The quantitative estimate of drug-likeness (QED) is 0.344. The molecule has 0 aliphatic carbocycles. The Kier molecular flexibility index (Phi) is 6.52. The summed E-state index contributed by atoms with van der Waals surface area (Å²) in [4.78, 5) is 26.0. The van der Waals surface area contributed by atoms with Crippen molar-refractivity contribution in [2.75, 3.05) is 20.3 Å². The van der Waals surface area contributed by atoms with E-state index in [2.05, 4.69) is 25.7 Å². The van der Waals surface area contributed by atoms with E-state index in [0.717, 1.165) is 0 Å². The van der Waals surface area contributed by atoms with Gasteiger partial charge < -0.3 is 9.47 Å². The lowest BCUT2D eigenvalue weighted by molar-refractivity contribution is -0.128. The summed E-state index contributed by atoms with van der Waals surface area (Å²) in [6, 6.07) is 5.23. The molecule has 26 heavy (non-hydrogen) atoms. The number of nitrogens with one attached hydrogen (secondary N) is 1. The van der Waals surface area contributed by atoms with Gasteiger partial charge in [0.05, 0.1) is 13.7 Å². The van der Waals surface area contributed by atoms with Gasteiger partial charge in [0.1, 0.15) is 5.57 Å². The average Bonchev–Trinajstić information content (AvgIpc) is 2.60. The van der Waals surface area contributed by atoms with Crippen molar-refractivity contribution in [1.29, 1.82) is 0 Å². The van der Waals surface area contributed by atoms with E-state index >= 15 is 0 Å². The van der Waals surface area contributed by atoms with Gasteiger partial charge in [0.25, 0.3) is 11.8 Å². The van der Waals surface area contributed by atoms with E-state index in [9.17, 15) is 9.59 Å². The minimum absolute atomic E-state index is 0.00153. The third-order valence-corrected chi connectivity index (χ3v) is 3.89. The number of rotatable bonds is 7. The number of ether oxygens (including phenoxy) is 2. The highest BCUT2D eigenvalue weighted by Crippen LogP contribution is 2.29. The van der Waals surface area contributed by atoms with E-state index in [1.54, 1.807) is 24.3 Å². The van der Waals surface area contributed by atoms with Gasteiger partial charge in [-0.15, -0.1) is 6.58 Å². The van der Waals surface area contributed by atoms with Crippen LogP contribution in [-0.4, -0.2) is 42.1 Å². The highest BCUT2D eigenvalue weighted by atomic mass is 32.1. The summed E-state index contributed by atoms with van der Waals surface area (Å²) < 4.78 is 11.1. The Hall–Kier alpha value is -2.67. The summed E-state index contributed by atoms with van der Waals surface area (Å²) in [6.45, 7) is 8.49. The highest BCUT2D eigenvalue weighted by molar-refractivity contribution is 7.80. The summed E-state index contributed by atoms with van der Waals surface area (Å²) >= 11 is 5.03. The first-order valence-corrected chi connectivity index (χ1v) is 8.58. The van der Waals surface area contributed by atoms with E-state index in [1.165, 1.54) is 18.1 Å². The van der Waals surface area contributed by atoms with Crippen molar-refractivity contribution in [3.05, 3.63) is 42.0 Å². The van der Waals surface area contributed by atoms with Crippen LogP contribution in [-0.2, 0) is 9.59 Å². The lowest BCUT2D eigenvalue weighted by atomic mass is 10.1. The lowest BCUT2D eigenvalue weighted by Crippen LogP contribution is -2.53. The number of amides is 2. The third-order valence-electron chi connectivity index (χ3n) is 3.57. The van der Waals surface area contributed by atoms with Gasteiger partial charge >= 0.3 is 0 Å². The third kappa shape index (κ3) is 4.49. The predicted molar refractivity (Wildman–Crippen MR) is 104 cm³/mol. The van der Waals surface area contributed by atoms with Gasteiger partial charge in [-0.1, -0.05) is 26.0 Å². The smallest absolute Gasteiger partial charge is 0.265 e. The summed E-state index contributed by atoms with van der Waals surface area (Å²) in [7, 11) is 1.54. The van der Waals surface area contributed by atoms with Gasteiger partial charge in [-0.2, -0.15) is 0 Å². The zero-order chi connectivity index (χ0) is 19.3. The Bertz CT molecular complexity index is 771. The average molecular weight is 374 g/mol. The molecule has 0 aromatic heterocycles. The second-order valence-electron chi connectivity index (χ2n) is 6.14. The van der Waals surface area contributed by atoms with Crippen LogP contribution in [0.2, 0.25) is 0 Å². The molecule has 1 aliphatic heterocycles. The van der Waals surface area contributed by atoms with Crippen LogP contribution in [0.1, 0.15) is 19.4 Å². The van der Waals surface area contributed by atoms with Gasteiger partial charge in [0.15, 0.2) is 16.6 Å². The molecule has 0 spiro atoms. The van der Waals surface area contributed by atoms with Gasteiger partial charge in [-0.05, 0) is 41.9 Å². The van der Waals surface area contributed by atoms with Gasteiger partial charge in [0, 0.05) is 6.54 Å². The topological polar surface area (TPSA) is 67.9 Å². The molecule has 1 aromatic rings. The highest BCUT2D eigenvalue weighted by Gasteiger charge is 2.32. The van der Waals surface area contributed by atoms with E-state index in [-0.39, 0.29) is 17.2 Å². The van der Waals surface area contributed by atoms with Crippen molar-refractivity contribution in [2.24, 2.45) is 5.92 Å².